The first-order valence-electron chi connectivity index (χ1n) is 5.52. The number of carbonyl (C=O) groups excluding carboxylic acids is 2. The van der Waals surface area contributed by atoms with Gasteiger partial charge in [-0.15, -0.1) is 0 Å². The summed E-state index contributed by atoms with van der Waals surface area (Å²) in [6.07, 6.45) is 2.74. The van der Waals surface area contributed by atoms with Crippen molar-refractivity contribution in [1.29, 1.82) is 0 Å². The largest absolute Gasteiger partial charge is 0.361 e. The molecule has 1 aromatic carbocycles. The van der Waals surface area contributed by atoms with Crippen LogP contribution in [0.5, 0.6) is 0 Å². The molecular formula is C13H14N3O2. The Balaban J connectivity index is 2.38. The number of hydrogen-bond donors (Lipinski definition) is 1. The molecule has 0 saturated heterocycles. The molecule has 0 saturated carbocycles. The van der Waals surface area contributed by atoms with Crippen LogP contribution in [-0.4, -0.2) is 28.7 Å². The van der Waals surface area contributed by atoms with Gasteiger partial charge < -0.3 is 10.8 Å². The van der Waals surface area contributed by atoms with E-state index < -0.39 is 11.8 Å². The molecule has 0 aromatic heterocycles. The molecule has 1 atom stereocenters. The third-order valence-electron chi connectivity index (χ3n) is 2.34. The SMILES string of the molecule is C[C@H](NC(=O)[CH]Cc1ccccc1)C(=O)C=[N+]=[N-]. The topological polar surface area (TPSA) is 82.6 Å². The fraction of sp³-hybridized carbons (Fsp3) is 0.231. The van der Waals surface area contributed by atoms with Crippen LogP contribution in [0.4, 0.5) is 0 Å². The van der Waals surface area contributed by atoms with Gasteiger partial charge in [-0.05, 0) is 18.9 Å². The summed E-state index contributed by atoms with van der Waals surface area (Å²) in [7, 11) is 0. The van der Waals surface area contributed by atoms with E-state index in [9.17, 15) is 9.59 Å². The highest BCUT2D eigenvalue weighted by atomic mass is 16.2. The van der Waals surface area contributed by atoms with Gasteiger partial charge in [0.15, 0.2) is 0 Å². The molecule has 0 heterocycles. The van der Waals surface area contributed by atoms with Crippen LogP contribution < -0.4 is 5.32 Å². The first-order chi connectivity index (χ1) is 8.63. The molecule has 93 valence electrons. The number of nitrogens with zero attached hydrogens (tertiary/aromatic N) is 2. The molecule has 1 amide bonds. The van der Waals surface area contributed by atoms with Crippen molar-refractivity contribution in [2.24, 2.45) is 0 Å². The van der Waals surface area contributed by atoms with E-state index in [1.165, 1.54) is 13.3 Å². The van der Waals surface area contributed by atoms with Gasteiger partial charge in [-0.2, -0.15) is 4.79 Å². The second-order valence-electron chi connectivity index (χ2n) is 3.77. The van der Waals surface area contributed by atoms with E-state index in [1.807, 2.05) is 30.3 Å². The summed E-state index contributed by atoms with van der Waals surface area (Å²) in [5, 5.41) is 2.49. The summed E-state index contributed by atoms with van der Waals surface area (Å²) < 4.78 is 0. The maximum atomic E-state index is 11.5. The lowest BCUT2D eigenvalue weighted by Crippen LogP contribution is -2.39. The van der Waals surface area contributed by atoms with Crippen molar-refractivity contribution >= 4 is 17.9 Å². The maximum Gasteiger partial charge on any atom is 0.325 e. The molecule has 0 aliphatic carbocycles. The molecule has 1 aromatic rings. The number of hydrogen-bond acceptors (Lipinski definition) is 2. The Hall–Kier alpha value is -2.26. The predicted octanol–water partition coefficient (Wildman–Crippen LogP) is 0.808. The minimum Gasteiger partial charge on any atom is -0.361 e. The van der Waals surface area contributed by atoms with Crippen LogP contribution in [0.25, 0.3) is 5.53 Å². The molecule has 5 nitrogen and oxygen atoms in total. The first-order valence-corrected chi connectivity index (χ1v) is 5.52. The van der Waals surface area contributed by atoms with Crippen LogP contribution >= 0.6 is 0 Å². The molecule has 0 spiro atoms. The van der Waals surface area contributed by atoms with Gasteiger partial charge in [-0.3, -0.25) is 9.59 Å². The van der Waals surface area contributed by atoms with E-state index in [0.29, 0.717) is 6.42 Å². The van der Waals surface area contributed by atoms with Crippen molar-refractivity contribution in [3.63, 3.8) is 0 Å². The summed E-state index contributed by atoms with van der Waals surface area (Å²) >= 11 is 0. The lowest BCUT2D eigenvalue weighted by atomic mass is 10.1. The normalized spacial score (nSPS) is 11.2. The molecule has 18 heavy (non-hydrogen) atoms. The van der Waals surface area contributed by atoms with Crippen LogP contribution in [0, 0.1) is 6.42 Å². The molecule has 0 bridgehead atoms. The number of carbonyl (C=O) groups is 2. The minimum atomic E-state index is -0.708. The fourth-order valence-electron chi connectivity index (χ4n) is 1.34. The Morgan fingerprint density at radius 1 is 1.39 bits per heavy atom. The minimum absolute atomic E-state index is 0.328. The molecule has 5 heteroatoms. The van der Waals surface area contributed by atoms with Gasteiger partial charge in [0.2, 0.25) is 5.91 Å². The molecule has 1 radical (unpaired) electrons. The van der Waals surface area contributed by atoms with Gasteiger partial charge in [-0.1, -0.05) is 30.3 Å². The molecule has 1 N–H and O–H groups in total. The lowest BCUT2D eigenvalue weighted by molar-refractivity contribution is -0.123. The van der Waals surface area contributed by atoms with E-state index in [0.717, 1.165) is 11.8 Å². The Morgan fingerprint density at radius 2 is 2.06 bits per heavy atom. The molecule has 0 aliphatic heterocycles. The number of nitrogens with one attached hydrogen (secondary N) is 1. The number of Topliss-reactive ketones (excluding diaryl/α,β-unsaturated/α-hetero) is 1. The zero-order valence-electron chi connectivity index (χ0n) is 10.0. The van der Waals surface area contributed by atoms with Crippen LogP contribution in [0.3, 0.4) is 0 Å². The smallest absolute Gasteiger partial charge is 0.325 e. The van der Waals surface area contributed by atoms with Gasteiger partial charge in [0.1, 0.15) is 0 Å². The molecule has 1 rings (SSSR count). The van der Waals surface area contributed by atoms with E-state index in [-0.39, 0.29) is 5.91 Å². The number of amides is 1. The summed E-state index contributed by atoms with van der Waals surface area (Å²) in [6.45, 7) is 1.53. The highest BCUT2D eigenvalue weighted by Crippen LogP contribution is 2.01. The van der Waals surface area contributed by atoms with Crippen LogP contribution in [-0.2, 0) is 16.0 Å². The zero-order valence-corrected chi connectivity index (χ0v) is 10.0. The van der Waals surface area contributed by atoms with Gasteiger partial charge in [0, 0.05) is 0 Å². The zero-order chi connectivity index (χ0) is 13.4. The standard InChI is InChI=1S/C13H14N3O2/c1-10(12(17)9-15-14)16-13(18)8-7-11-5-3-2-4-6-11/h2-6,8-10H,7H2,1H3,(H,16,18)/t10-/m0/s1. The van der Waals surface area contributed by atoms with Crippen LogP contribution in [0.1, 0.15) is 12.5 Å². The number of rotatable bonds is 6. The highest BCUT2D eigenvalue weighted by molar-refractivity contribution is 6.28. The second-order valence-corrected chi connectivity index (χ2v) is 3.77. The van der Waals surface area contributed by atoms with Crippen molar-refractivity contribution in [2.45, 2.75) is 19.4 Å². The summed E-state index contributed by atoms with van der Waals surface area (Å²) in [6, 6.07) is 8.81. The fourth-order valence-corrected chi connectivity index (χ4v) is 1.34. The molecule has 0 unspecified atom stereocenters. The Kier molecular flexibility index (Phi) is 5.48. The van der Waals surface area contributed by atoms with E-state index in [1.54, 1.807) is 0 Å². The highest BCUT2D eigenvalue weighted by Gasteiger charge is 2.16. The van der Waals surface area contributed by atoms with Gasteiger partial charge in [0.05, 0.1) is 12.5 Å². The summed E-state index contributed by atoms with van der Waals surface area (Å²) in [5.41, 5.74) is 9.22. The number of benzene rings is 1. The van der Waals surface area contributed by atoms with Gasteiger partial charge in [-0.25, -0.2) is 0 Å². The van der Waals surface area contributed by atoms with Crippen LogP contribution in [0.15, 0.2) is 30.3 Å². The van der Waals surface area contributed by atoms with Gasteiger partial charge >= 0.3 is 6.21 Å². The van der Waals surface area contributed by atoms with E-state index in [2.05, 4.69) is 10.1 Å². The number of ketones is 1. The van der Waals surface area contributed by atoms with E-state index in [4.69, 9.17) is 5.53 Å². The Labute approximate surface area is 105 Å². The van der Waals surface area contributed by atoms with Crippen molar-refractivity contribution in [2.75, 3.05) is 0 Å². The lowest BCUT2D eigenvalue weighted by Gasteiger charge is -2.08. The van der Waals surface area contributed by atoms with E-state index >= 15 is 0 Å². The summed E-state index contributed by atoms with van der Waals surface area (Å²) in [4.78, 5) is 25.3. The molecule has 0 fully saturated rings. The predicted molar refractivity (Wildman–Crippen MR) is 66.7 cm³/mol. The van der Waals surface area contributed by atoms with Gasteiger partial charge in [0.25, 0.3) is 5.78 Å². The van der Waals surface area contributed by atoms with Crippen molar-refractivity contribution in [3.8, 4) is 0 Å². The van der Waals surface area contributed by atoms with Crippen LogP contribution in [0.2, 0.25) is 0 Å². The third kappa shape index (κ3) is 4.72. The average Bonchev–Trinajstić information content (AvgIpc) is 2.38. The monoisotopic (exact) mass is 244 g/mol. The molecular weight excluding hydrogens is 230 g/mol. The summed E-state index contributed by atoms with van der Waals surface area (Å²) in [5.74, 6) is -0.787. The van der Waals surface area contributed by atoms with Crippen molar-refractivity contribution in [1.82, 2.24) is 5.32 Å². The molecule has 0 aliphatic rings. The Morgan fingerprint density at radius 3 is 2.67 bits per heavy atom. The average molecular weight is 244 g/mol. The quantitative estimate of drug-likeness (QED) is 0.456. The van der Waals surface area contributed by atoms with Crippen molar-refractivity contribution in [3.05, 3.63) is 47.8 Å². The first kappa shape index (κ1) is 13.8. The maximum absolute atomic E-state index is 11.5. The second kappa shape index (κ2) is 7.14. The Bertz CT molecular complexity index is 464. The third-order valence-corrected chi connectivity index (χ3v) is 2.34. The van der Waals surface area contributed by atoms with Crippen molar-refractivity contribution < 1.29 is 14.4 Å².